The molecule has 2 aromatic carbocycles. The van der Waals surface area contributed by atoms with Gasteiger partial charge in [-0.3, -0.25) is 4.79 Å². The lowest BCUT2D eigenvalue weighted by molar-refractivity contribution is -0.157. The van der Waals surface area contributed by atoms with Crippen LogP contribution in [-0.2, 0) is 16.0 Å². The molecule has 170 valence electrons. The van der Waals surface area contributed by atoms with Crippen LogP contribution in [0.1, 0.15) is 42.9 Å². The fourth-order valence-corrected chi connectivity index (χ4v) is 5.57. The summed E-state index contributed by atoms with van der Waals surface area (Å²) in [5, 5.41) is 0. The Morgan fingerprint density at radius 1 is 1.09 bits per heavy atom. The van der Waals surface area contributed by atoms with Crippen molar-refractivity contribution in [1.29, 1.82) is 0 Å². The number of para-hydroxylation sites is 1. The van der Waals surface area contributed by atoms with E-state index in [4.69, 9.17) is 18.9 Å². The van der Waals surface area contributed by atoms with Gasteiger partial charge in [-0.05, 0) is 36.6 Å². The Balaban J connectivity index is 1.32. The van der Waals surface area contributed by atoms with Gasteiger partial charge in [0.15, 0.2) is 11.5 Å². The summed E-state index contributed by atoms with van der Waals surface area (Å²) >= 11 is 0. The summed E-state index contributed by atoms with van der Waals surface area (Å²) in [6.07, 6.45) is 4.19. The Kier molecular flexibility index (Phi) is 5.72. The molecule has 6 nitrogen and oxygen atoms in total. The number of ether oxygens (including phenoxy) is 4. The number of carbonyl (C=O) groups excluding carboxylic acids is 1. The summed E-state index contributed by atoms with van der Waals surface area (Å²) in [5.74, 6) is 2.84. The molecule has 32 heavy (non-hydrogen) atoms. The number of fused-ring (bicyclic) bond motifs is 4. The predicted octanol–water partition coefficient (Wildman–Crippen LogP) is 4.17. The number of piperidine rings is 1. The highest BCUT2D eigenvalue weighted by atomic mass is 16.5. The number of likely N-dealkylation sites (tertiary alicyclic amines) is 1. The molecule has 3 aliphatic heterocycles. The summed E-state index contributed by atoms with van der Waals surface area (Å²) in [6, 6.07) is 13.8. The van der Waals surface area contributed by atoms with E-state index < -0.39 is 0 Å². The van der Waals surface area contributed by atoms with Gasteiger partial charge in [0.05, 0.1) is 26.7 Å². The van der Waals surface area contributed by atoms with Gasteiger partial charge < -0.3 is 23.8 Å². The third-order valence-corrected chi connectivity index (χ3v) is 7.32. The van der Waals surface area contributed by atoms with Gasteiger partial charge in [0, 0.05) is 44.0 Å². The van der Waals surface area contributed by atoms with Crippen molar-refractivity contribution in [2.75, 3.05) is 33.9 Å². The normalized spacial score (nSPS) is 23.6. The lowest BCUT2D eigenvalue weighted by atomic mass is 9.70. The molecule has 2 aromatic rings. The van der Waals surface area contributed by atoms with Crippen molar-refractivity contribution in [2.24, 2.45) is 5.92 Å². The summed E-state index contributed by atoms with van der Waals surface area (Å²) in [7, 11) is 3.33. The van der Waals surface area contributed by atoms with Gasteiger partial charge in [-0.2, -0.15) is 0 Å². The standard InChI is InChI=1S/C26H31NO5/c1-29-19-10-8-18(9-11-19)17-23(28)27-14-12-26(13-15-27)21-6-4-16-31-24(21)20-5-3-7-22(30-2)25(20)32-26/h3,5,7-11,21,24H,4,6,12-17H2,1-2H3/t21-,24+/m0/s1. The van der Waals surface area contributed by atoms with Crippen LogP contribution in [0.15, 0.2) is 42.5 Å². The van der Waals surface area contributed by atoms with Crippen LogP contribution in [0.2, 0.25) is 0 Å². The molecule has 1 amide bonds. The van der Waals surface area contributed by atoms with E-state index in [0.717, 1.165) is 60.7 Å². The van der Waals surface area contributed by atoms with Crippen molar-refractivity contribution in [3.8, 4) is 17.2 Å². The van der Waals surface area contributed by atoms with Crippen LogP contribution in [-0.4, -0.2) is 50.3 Å². The van der Waals surface area contributed by atoms with Crippen molar-refractivity contribution in [2.45, 2.75) is 43.8 Å². The van der Waals surface area contributed by atoms with Crippen LogP contribution >= 0.6 is 0 Å². The van der Waals surface area contributed by atoms with E-state index in [9.17, 15) is 4.79 Å². The van der Waals surface area contributed by atoms with Gasteiger partial charge in [0.1, 0.15) is 11.4 Å². The maximum absolute atomic E-state index is 13.0. The van der Waals surface area contributed by atoms with Crippen molar-refractivity contribution in [1.82, 2.24) is 4.90 Å². The first kappa shape index (κ1) is 21.1. The van der Waals surface area contributed by atoms with Gasteiger partial charge in [0.25, 0.3) is 0 Å². The molecular weight excluding hydrogens is 406 g/mol. The van der Waals surface area contributed by atoms with Gasteiger partial charge in [-0.15, -0.1) is 0 Å². The van der Waals surface area contributed by atoms with Crippen LogP contribution in [0, 0.1) is 5.92 Å². The van der Waals surface area contributed by atoms with Gasteiger partial charge in [-0.25, -0.2) is 0 Å². The Labute approximate surface area is 189 Å². The Bertz CT molecular complexity index is 965. The lowest BCUT2D eigenvalue weighted by Gasteiger charge is -2.53. The predicted molar refractivity (Wildman–Crippen MR) is 120 cm³/mol. The van der Waals surface area contributed by atoms with Crippen molar-refractivity contribution in [3.05, 3.63) is 53.6 Å². The number of carbonyl (C=O) groups is 1. The first-order valence-electron chi connectivity index (χ1n) is 11.5. The summed E-state index contributed by atoms with van der Waals surface area (Å²) < 4.78 is 23.9. The highest BCUT2D eigenvalue weighted by molar-refractivity contribution is 5.79. The van der Waals surface area contributed by atoms with E-state index >= 15 is 0 Å². The smallest absolute Gasteiger partial charge is 0.226 e. The molecule has 0 saturated carbocycles. The SMILES string of the molecule is COc1ccc(CC(=O)N2CCC3(CC2)Oc2c(OC)cccc2[C@H]2OCCC[C@@H]23)cc1. The zero-order valence-corrected chi connectivity index (χ0v) is 18.8. The monoisotopic (exact) mass is 437 g/mol. The zero-order chi connectivity index (χ0) is 22.1. The van der Waals surface area contributed by atoms with Gasteiger partial charge >= 0.3 is 0 Å². The molecule has 0 aliphatic carbocycles. The number of hydrogen-bond donors (Lipinski definition) is 0. The van der Waals surface area contributed by atoms with Crippen LogP contribution in [0.5, 0.6) is 17.2 Å². The van der Waals surface area contributed by atoms with Crippen LogP contribution in [0.25, 0.3) is 0 Å². The number of benzene rings is 2. The average molecular weight is 438 g/mol. The molecule has 0 bridgehead atoms. The minimum atomic E-state index is -0.316. The van der Waals surface area contributed by atoms with E-state index in [1.807, 2.05) is 41.3 Å². The minimum absolute atomic E-state index is 0.0316. The van der Waals surface area contributed by atoms with E-state index in [2.05, 4.69) is 6.07 Å². The molecule has 0 N–H and O–H groups in total. The lowest BCUT2D eigenvalue weighted by Crippen LogP contribution is -2.58. The average Bonchev–Trinajstić information content (AvgIpc) is 2.85. The summed E-state index contributed by atoms with van der Waals surface area (Å²) in [6.45, 7) is 2.17. The second-order valence-electron chi connectivity index (χ2n) is 8.99. The molecule has 2 fully saturated rings. The van der Waals surface area contributed by atoms with Crippen LogP contribution in [0.3, 0.4) is 0 Å². The molecule has 1 spiro atoms. The quantitative estimate of drug-likeness (QED) is 0.719. The molecule has 0 aromatic heterocycles. The molecule has 0 unspecified atom stereocenters. The molecule has 3 heterocycles. The molecule has 2 saturated heterocycles. The van der Waals surface area contributed by atoms with Gasteiger partial charge in [0.2, 0.25) is 5.91 Å². The number of amides is 1. The number of methoxy groups -OCH3 is 2. The number of hydrogen-bond acceptors (Lipinski definition) is 5. The highest BCUT2D eigenvalue weighted by Crippen LogP contribution is 2.55. The Hall–Kier alpha value is -2.73. The van der Waals surface area contributed by atoms with Crippen molar-refractivity contribution >= 4 is 5.91 Å². The van der Waals surface area contributed by atoms with Crippen molar-refractivity contribution < 1.29 is 23.7 Å². The fourth-order valence-electron chi connectivity index (χ4n) is 5.57. The molecule has 3 aliphatic rings. The number of rotatable bonds is 4. The third-order valence-electron chi connectivity index (χ3n) is 7.32. The molecule has 0 radical (unpaired) electrons. The topological polar surface area (TPSA) is 57.2 Å². The Morgan fingerprint density at radius 2 is 1.88 bits per heavy atom. The van der Waals surface area contributed by atoms with Crippen LogP contribution in [0.4, 0.5) is 0 Å². The van der Waals surface area contributed by atoms with Gasteiger partial charge in [-0.1, -0.05) is 24.3 Å². The first-order chi connectivity index (χ1) is 15.6. The van der Waals surface area contributed by atoms with E-state index in [1.165, 1.54) is 0 Å². The van der Waals surface area contributed by atoms with Crippen LogP contribution < -0.4 is 14.2 Å². The molecular formula is C26H31NO5. The molecule has 2 atom stereocenters. The maximum atomic E-state index is 13.0. The Morgan fingerprint density at radius 3 is 2.59 bits per heavy atom. The first-order valence-corrected chi connectivity index (χ1v) is 11.5. The zero-order valence-electron chi connectivity index (χ0n) is 18.8. The molecule has 6 heteroatoms. The second-order valence-corrected chi connectivity index (χ2v) is 8.99. The van der Waals surface area contributed by atoms with E-state index in [1.54, 1.807) is 14.2 Å². The molecule has 5 rings (SSSR count). The van der Waals surface area contributed by atoms with E-state index in [-0.39, 0.29) is 17.6 Å². The van der Waals surface area contributed by atoms with Crippen molar-refractivity contribution in [3.63, 3.8) is 0 Å². The maximum Gasteiger partial charge on any atom is 0.226 e. The fraction of sp³-hybridized carbons (Fsp3) is 0.500. The largest absolute Gasteiger partial charge is 0.497 e. The number of nitrogens with zero attached hydrogens (tertiary/aromatic N) is 1. The highest BCUT2D eigenvalue weighted by Gasteiger charge is 2.53. The van der Waals surface area contributed by atoms with E-state index in [0.29, 0.717) is 25.4 Å². The summed E-state index contributed by atoms with van der Waals surface area (Å²) in [5.41, 5.74) is 1.78. The minimum Gasteiger partial charge on any atom is -0.497 e. The summed E-state index contributed by atoms with van der Waals surface area (Å²) in [4.78, 5) is 15.0. The third kappa shape index (κ3) is 3.71. The second kappa shape index (κ2) is 8.66.